The maximum atomic E-state index is 13.7. The number of nitrogens with zero attached hydrogens (tertiary/aromatic N) is 1. The highest BCUT2D eigenvalue weighted by molar-refractivity contribution is 7.92. The van der Waals surface area contributed by atoms with Crippen LogP contribution in [0, 0.1) is 11.6 Å². The number of likely N-dealkylation sites (tertiary alicyclic amines) is 1. The molecule has 1 aliphatic rings. The van der Waals surface area contributed by atoms with Crippen molar-refractivity contribution in [2.24, 2.45) is 0 Å². The van der Waals surface area contributed by atoms with Gasteiger partial charge in [0.25, 0.3) is 0 Å². The fourth-order valence-corrected chi connectivity index (χ4v) is 5.09. The molecule has 0 saturated carbocycles. The Bertz CT molecular complexity index is 913. The molecule has 0 N–H and O–H groups in total. The second-order valence-electron chi connectivity index (χ2n) is 6.69. The lowest BCUT2D eigenvalue weighted by Gasteiger charge is -2.32. The van der Waals surface area contributed by atoms with E-state index in [9.17, 15) is 22.0 Å². The fourth-order valence-electron chi connectivity index (χ4n) is 3.34. The Morgan fingerprint density at radius 1 is 1.07 bits per heavy atom. The molecule has 1 fully saturated rings. The van der Waals surface area contributed by atoms with Crippen LogP contribution >= 0.6 is 0 Å². The Balaban J connectivity index is 1.65. The molecule has 2 aromatic carbocycles. The number of hydrogen-bond donors (Lipinski definition) is 0. The normalized spacial score (nSPS) is 17.7. The third kappa shape index (κ3) is 4.53. The molecule has 0 aliphatic carbocycles. The van der Waals surface area contributed by atoms with Crippen molar-refractivity contribution in [3.63, 3.8) is 0 Å². The van der Waals surface area contributed by atoms with Crippen LogP contribution in [0.5, 0.6) is 0 Å². The molecule has 0 spiro atoms. The van der Waals surface area contributed by atoms with Crippen molar-refractivity contribution in [1.82, 2.24) is 4.90 Å². The number of amides is 1. The molecular weight excluding hydrogens is 372 g/mol. The van der Waals surface area contributed by atoms with Crippen molar-refractivity contribution in [3.05, 3.63) is 65.7 Å². The van der Waals surface area contributed by atoms with Crippen molar-refractivity contribution in [2.45, 2.75) is 35.8 Å². The summed E-state index contributed by atoms with van der Waals surface area (Å²) in [5.74, 6) is -1.03. The van der Waals surface area contributed by atoms with E-state index in [1.807, 2.05) is 0 Å². The summed E-state index contributed by atoms with van der Waals surface area (Å²) < 4.78 is 52.3. The van der Waals surface area contributed by atoms with Crippen molar-refractivity contribution < 1.29 is 22.0 Å². The molecule has 0 radical (unpaired) electrons. The number of carbonyl (C=O) groups is 1. The number of carbonyl (C=O) groups excluding carboxylic acids is 1. The Hall–Kier alpha value is -2.28. The van der Waals surface area contributed by atoms with Gasteiger partial charge in [-0.15, -0.1) is 0 Å². The van der Waals surface area contributed by atoms with Crippen molar-refractivity contribution in [2.75, 3.05) is 13.1 Å². The zero-order valence-electron chi connectivity index (χ0n) is 14.8. The van der Waals surface area contributed by atoms with E-state index in [-0.39, 0.29) is 36.0 Å². The Morgan fingerprint density at radius 2 is 1.78 bits per heavy atom. The summed E-state index contributed by atoms with van der Waals surface area (Å²) >= 11 is 0. The summed E-state index contributed by atoms with van der Waals surface area (Å²) in [6.07, 6.45) is 1.44. The molecule has 1 amide bonds. The predicted octanol–water partition coefficient (Wildman–Crippen LogP) is 3.36. The van der Waals surface area contributed by atoms with Crippen LogP contribution in [-0.2, 0) is 21.1 Å². The number of aryl methyl sites for hydroxylation is 1. The topological polar surface area (TPSA) is 54.5 Å². The average Bonchev–Trinajstić information content (AvgIpc) is 2.67. The smallest absolute Gasteiger partial charge is 0.222 e. The maximum Gasteiger partial charge on any atom is 0.222 e. The van der Waals surface area contributed by atoms with Gasteiger partial charge in [-0.1, -0.05) is 18.2 Å². The van der Waals surface area contributed by atoms with Gasteiger partial charge in [-0.25, -0.2) is 17.2 Å². The third-order valence-electron chi connectivity index (χ3n) is 4.88. The predicted molar refractivity (Wildman–Crippen MR) is 97.9 cm³/mol. The summed E-state index contributed by atoms with van der Waals surface area (Å²) in [5.41, 5.74) is 0.471. The Labute approximate surface area is 157 Å². The monoisotopic (exact) mass is 393 g/mol. The average molecular weight is 393 g/mol. The van der Waals surface area contributed by atoms with Gasteiger partial charge in [-0.05, 0) is 55.2 Å². The zero-order valence-corrected chi connectivity index (χ0v) is 15.6. The van der Waals surface area contributed by atoms with Gasteiger partial charge in [0.1, 0.15) is 11.6 Å². The molecular formula is C20H21F2NO3S. The van der Waals surface area contributed by atoms with Crippen LogP contribution in [0.25, 0.3) is 0 Å². The van der Waals surface area contributed by atoms with Gasteiger partial charge < -0.3 is 4.90 Å². The van der Waals surface area contributed by atoms with E-state index in [4.69, 9.17) is 0 Å². The summed E-state index contributed by atoms with van der Waals surface area (Å²) in [4.78, 5) is 14.1. The molecule has 3 rings (SSSR count). The second-order valence-corrected chi connectivity index (χ2v) is 8.92. The SMILES string of the molecule is O=C(CCc1ccccc1F)N1CCC[C@@H](S(=O)(=O)c2ccc(F)cc2)C1. The number of sulfone groups is 1. The van der Waals surface area contributed by atoms with E-state index >= 15 is 0 Å². The van der Waals surface area contributed by atoms with Crippen LogP contribution in [0.1, 0.15) is 24.8 Å². The fraction of sp³-hybridized carbons (Fsp3) is 0.350. The molecule has 2 aromatic rings. The lowest BCUT2D eigenvalue weighted by atomic mass is 10.1. The molecule has 7 heteroatoms. The van der Waals surface area contributed by atoms with Crippen molar-refractivity contribution in [1.29, 1.82) is 0 Å². The summed E-state index contributed by atoms with van der Waals surface area (Å²) in [5, 5.41) is -0.714. The van der Waals surface area contributed by atoms with E-state index in [1.54, 1.807) is 18.2 Å². The van der Waals surface area contributed by atoms with Gasteiger partial charge in [0.05, 0.1) is 10.1 Å². The minimum Gasteiger partial charge on any atom is -0.341 e. The molecule has 0 bridgehead atoms. The number of hydrogen-bond acceptors (Lipinski definition) is 3. The molecule has 0 aromatic heterocycles. The van der Waals surface area contributed by atoms with Gasteiger partial charge in [0.15, 0.2) is 9.84 Å². The Kier molecular flexibility index (Phi) is 5.89. The summed E-state index contributed by atoms with van der Waals surface area (Å²) in [7, 11) is -3.64. The first-order chi connectivity index (χ1) is 12.9. The minimum absolute atomic E-state index is 0.0644. The molecule has 1 heterocycles. The first kappa shape index (κ1) is 19.5. The van der Waals surface area contributed by atoms with Crippen LogP contribution in [0.2, 0.25) is 0 Å². The van der Waals surface area contributed by atoms with Gasteiger partial charge in [0.2, 0.25) is 5.91 Å². The second kappa shape index (κ2) is 8.17. The molecule has 27 heavy (non-hydrogen) atoms. The molecule has 144 valence electrons. The molecule has 1 atom stereocenters. The standard InChI is InChI=1S/C20H21F2NO3S/c21-16-8-10-17(11-9-16)27(25,26)18-5-3-13-23(14-18)20(24)12-7-15-4-1-2-6-19(15)22/h1-2,4,6,8-11,18H,3,5,7,12-14H2/t18-/m1/s1. The maximum absolute atomic E-state index is 13.7. The highest BCUT2D eigenvalue weighted by Gasteiger charge is 2.33. The van der Waals surface area contributed by atoms with E-state index in [0.717, 1.165) is 12.1 Å². The van der Waals surface area contributed by atoms with E-state index in [1.165, 1.54) is 23.1 Å². The van der Waals surface area contributed by atoms with Gasteiger partial charge in [-0.3, -0.25) is 4.79 Å². The van der Waals surface area contributed by atoms with Gasteiger partial charge in [-0.2, -0.15) is 0 Å². The van der Waals surface area contributed by atoms with Crippen LogP contribution in [0.4, 0.5) is 8.78 Å². The lowest BCUT2D eigenvalue weighted by Crippen LogP contribution is -2.45. The highest BCUT2D eigenvalue weighted by atomic mass is 32.2. The summed E-state index contributed by atoms with van der Waals surface area (Å²) in [6.45, 7) is 0.599. The zero-order chi connectivity index (χ0) is 19.4. The van der Waals surface area contributed by atoms with Crippen molar-refractivity contribution in [3.8, 4) is 0 Å². The van der Waals surface area contributed by atoms with Gasteiger partial charge >= 0.3 is 0 Å². The minimum atomic E-state index is -3.64. The molecule has 0 unspecified atom stereocenters. The quantitative estimate of drug-likeness (QED) is 0.732. The molecule has 1 aliphatic heterocycles. The van der Waals surface area contributed by atoms with E-state index in [0.29, 0.717) is 24.9 Å². The van der Waals surface area contributed by atoms with Crippen LogP contribution in [0.15, 0.2) is 53.4 Å². The van der Waals surface area contributed by atoms with Crippen LogP contribution < -0.4 is 0 Å². The number of benzene rings is 2. The van der Waals surface area contributed by atoms with E-state index < -0.39 is 20.9 Å². The van der Waals surface area contributed by atoms with E-state index in [2.05, 4.69) is 0 Å². The van der Waals surface area contributed by atoms with Crippen LogP contribution in [-0.4, -0.2) is 37.6 Å². The van der Waals surface area contributed by atoms with Crippen LogP contribution in [0.3, 0.4) is 0 Å². The number of halogens is 2. The number of piperidine rings is 1. The van der Waals surface area contributed by atoms with Crippen molar-refractivity contribution >= 4 is 15.7 Å². The molecule has 4 nitrogen and oxygen atoms in total. The first-order valence-corrected chi connectivity index (χ1v) is 10.4. The summed E-state index contributed by atoms with van der Waals surface area (Å²) in [6, 6.07) is 11.0. The third-order valence-corrected chi connectivity index (χ3v) is 7.07. The Morgan fingerprint density at radius 3 is 2.48 bits per heavy atom. The highest BCUT2D eigenvalue weighted by Crippen LogP contribution is 2.24. The van der Waals surface area contributed by atoms with Gasteiger partial charge in [0, 0.05) is 19.5 Å². The largest absolute Gasteiger partial charge is 0.341 e. The lowest BCUT2D eigenvalue weighted by molar-refractivity contribution is -0.131. The number of rotatable bonds is 5. The molecule has 1 saturated heterocycles. The first-order valence-electron chi connectivity index (χ1n) is 8.88.